The number of hydrogen-bond acceptors (Lipinski definition) is 8. The summed E-state index contributed by atoms with van der Waals surface area (Å²) in [7, 11) is 10.2. The molecule has 1 aromatic heterocycles. The second-order valence-corrected chi connectivity index (χ2v) is 3.16. The van der Waals surface area contributed by atoms with Gasteiger partial charge >= 0.3 is 0 Å². The predicted octanol–water partition coefficient (Wildman–Crippen LogP) is 0.545. The molecule has 0 saturated carbocycles. The van der Waals surface area contributed by atoms with Crippen molar-refractivity contribution in [3.05, 3.63) is 13.1 Å². The van der Waals surface area contributed by atoms with Gasteiger partial charge in [-0.2, -0.15) is 9.97 Å². The molecule has 0 aromatic carbocycles. The van der Waals surface area contributed by atoms with Crippen molar-refractivity contribution in [3.63, 3.8) is 0 Å². The minimum absolute atomic E-state index is 0.282. The highest BCUT2D eigenvalue weighted by atomic mass is 16.7. The molecule has 0 fully saturated rings. The van der Waals surface area contributed by atoms with Crippen molar-refractivity contribution < 1.29 is 14.3 Å². The topological polar surface area (TPSA) is 80.8 Å². The van der Waals surface area contributed by atoms with Crippen molar-refractivity contribution >= 4 is 17.6 Å². The summed E-state index contributed by atoms with van der Waals surface area (Å²) in [6.07, 6.45) is 0. The van der Waals surface area contributed by atoms with Crippen LogP contribution in [0.25, 0.3) is 0 Å². The van der Waals surface area contributed by atoms with Crippen molar-refractivity contribution in [3.8, 4) is 0 Å². The Morgan fingerprint density at radius 1 is 1.17 bits per heavy atom. The first kappa shape index (κ1) is 14.4. The molecule has 0 saturated heterocycles. The summed E-state index contributed by atoms with van der Waals surface area (Å²) in [4.78, 5) is 13.2. The van der Waals surface area contributed by atoms with E-state index in [1.165, 1.54) is 7.11 Å². The van der Waals surface area contributed by atoms with Crippen LogP contribution in [0.5, 0.6) is 0 Å². The summed E-state index contributed by atoms with van der Waals surface area (Å²) >= 11 is 0. The molecule has 1 heterocycles. The summed E-state index contributed by atoms with van der Waals surface area (Å²) in [6.45, 7) is 0.600. The highest BCUT2D eigenvalue weighted by molar-refractivity contribution is 5.52. The molecule has 0 aliphatic rings. The van der Waals surface area contributed by atoms with Crippen LogP contribution in [0.2, 0.25) is 0 Å². The van der Waals surface area contributed by atoms with Crippen LogP contribution < -0.4 is 15.7 Å². The monoisotopic (exact) mass is 255 g/mol. The van der Waals surface area contributed by atoms with Crippen LogP contribution >= 0.6 is 0 Å². The highest BCUT2D eigenvalue weighted by Crippen LogP contribution is 2.17. The zero-order chi connectivity index (χ0) is 13.4. The fourth-order valence-corrected chi connectivity index (χ4v) is 1.09. The summed E-state index contributed by atoms with van der Waals surface area (Å²) in [5.74, 6) is 1.30. The minimum atomic E-state index is 0.282. The van der Waals surface area contributed by atoms with E-state index in [1.54, 1.807) is 20.3 Å². The molecule has 1 rings (SSSR count). The lowest BCUT2D eigenvalue weighted by Gasteiger charge is -2.16. The zero-order valence-electron chi connectivity index (χ0n) is 10.6. The lowest BCUT2D eigenvalue weighted by Crippen LogP contribution is -2.17. The summed E-state index contributed by atoms with van der Waals surface area (Å²) in [6, 6.07) is 1.63. The molecular formula is C10H17N5O3. The van der Waals surface area contributed by atoms with E-state index in [9.17, 15) is 0 Å². The van der Waals surface area contributed by atoms with Gasteiger partial charge in [0.15, 0.2) is 5.82 Å². The lowest BCUT2D eigenvalue weighted by molar-refractivity contribution is 0.193. The molecule has 0 amide bonds. The summed E-state index contributed by atoms with van der Waals surface area (Å²) in [5.41, 5.74) is 0. The van der Waals surface area contributed by atoms with E-state index in [0.717, 1.165) is 5.06 Å². The number of nitrogens with one attached hydrogen (secondary N) is 2. The molecule has 18 heavy (non-hydrogen) atoms. The number of hydrogen-bond donors (Lipinski definition) is 2. The number of anilines is 3. The Morgan fingerprint density at radius 2 is 1.83 bits per heavy atom. The molecule has 8 heteroatoms. The summed E-state index contributed by atoms with van der Waals surface area (Å²) in [5, 5.41) is 6.83. The van der Waals surface area contributed by atoms with E-state index in [1.807, 2.05) is 0 Å². The highest BCUT2D eigenvalue weighted by Gasteiger charge is 2.08. The molecule has 100 valence electrons. The SMILES string of the molecule is [CH]N(OC)c1cc(NCOC)nc(NCOC)n1. The van der Waals surface area contributed by atoms with Gasteiger partial charge in [0.2, 0.25) is 5.95 Å². The zero-order valence-corrected chi connectivity index (χ0v) is 10.6. The van der Waals surface area contributed by atoms with Crippen LogP contribution in [0.15, 0.2) is 6.07 Å². The molecule has 8 nitrogen and oxygen atoms in total. The third kappa shape index (κ3) is 4.32. The van der Waals surface area contributed by atoms with E-state index < -0.39 is 0 Å². The second-order valence-electron chi connectivity index (χ2n) is 3.16. The van der Waals surface area contributed by atoms with Crippen LogP contribution in [0.1, 0.15) is 0 Å². The van der Waals surface area contributed by atoms with Gasteiger partial charge in [-0.1, -0.05) is 0 Å². The Labute approximate surface area is 106 Å². The van der Waals surface area contributed by atoms with Crippen LogP contribution in [-0.2, 0) is 14.3 Å². The second kappa shape index (κ2) is 7.64. The largest absolute Gasteiger partial charge is 0.365 e. The maximum absolute atomic E-state index is 5.59. The molecule has 0 aliphatic heterocycles. The van der Waals surface area contributed by atoms with E-state index in [4.69, 9.17) is 21.4 Å². The van der Waals surface area contributed by atoms with Crippen molar-refractivity contribution in [2.45, 2.75) is 0 Å². The molecule has 0 atom stereocenters. The quantitative estimate of drug-likeness (QED) is 0.396. The third-order valence-corrected chi connectivity index (χ3v) is 1.91. The van der Waals surface area contributed by atoms with E-state index >= 15 is 0 Å². The first-order valence-corrected chi connectivity index (χ1v) is 5.15. The number of ether oxygens (including phenoxy) is 2. The molecule has 2 radical (unpaired) electrons. The van der Waals surface area contributed by atoms with Gasteiger partial charge in [0.1, 0.15) is 26.3 Å². The van der Waals surface area contributed by atoms with Gasteiger partial charge in [-0.3, -0.25) is 4.84 Å². The van der Waals surface area contributed by atoms with Crippen LogP contribution in [0, 0.1) is 7.05 Å². The number of nitrogens with zero attached hydrogens (tertiary/aromatic N) is 3. The first-order chi connectivity index (χ1) is 8.71. The molecule has 2 N–H and O–H groups in total. The molecular weight excluding hydrogens is 238 g/mol. The number of rotatable bonds is 8. The first-order valence-electron chi connectivity index (χ1n) is 5.15. The average Bonchev–Trinajstić information content (AvgIpc) is 2.41. The van der Waals surface area contributed by atoms with Gasteiger partial charge in [-0.15, -0.1) is 0 Å². The molecule has 0 unspecified atom stereocenters. The Bertz CT molecular complexity index is 337. The maximum atomic E-state index is 5.59. The fraction of sp³-hybridized carbons (Fsp3) is 0.500. The van der Waals surface area contributed by atoms with E-state index in [0.29, 0.717) is 24.3 Å². The van der Waals surface area contributed by atoms with E-state index in [-0.39, 0.29) is 6.73 Å². The average molecular weight is 255 g/mol. The smallest absolute Gasteiger partial charge is 0.228 e. The van der Waals surface area contributed by atoms with Crippen molar-refractivity contribution in [1.82, 2.24) is 9.97 Å². The lowest BCUT2D eigenvalue weighted by atomic mass is 10.5. The number of hydroxylamine groups is 1. The Kier molecular flexibility index (Phi) is 6.12. The molecule has 0 bridgehead atoms. The van der Waals surface area contributed by atoms with Crippen molar-refractivity contribution in [1.29, 1.82) is 0 Å². The van der Waals surface area contributed by atoms with Gasteiger partial charge in [-0.05, 0) is 0 Å². The van der Waals surface area contributed by atoms with Crippen molar-refractivity contribution in [2.75, 3.05) is 50.5 Å². The third-order valence-electron chi connectivity index (χ3n) is 1.91. The van der Waals surface area contributed by atoms with Gasteiger partial charge in [0, 0.05) is 20.3 Å². The Morgan fingerprint density at radius 3 is 2.44 bits per heavy atom. The van der Waals surface area contributed by atoms with Gasteiger partial charge in [0.25, 0.3) is 0 Å². The van der Waals surface area contributed by atoms with Crippen LogP contribution in [0.3, 0.4) is 0 Å². The van der Waals surface area contributed by atoms with Crippen molar-refractivity contribution in [2.24, 2.45) is 0 Å². The Hall–Kier alpha value is -1.64. The number of aromatic nitrogens is 2. The minimum Gasteiger partial charge on any atom is -0.365 e. The normalized spacial score (nSPS) is 10.2. The van der Waals surface area contributed by atoms with E-state index in [2.05, 4.69) is 20.6 Å². The predicted molar refractivity (Wildman–Crippen MR) is 66.8 cm³/mol. The maximum Gasteiger partial charge on any atom is 0.228 e. The molecule has 0 spiro atoms. The van der Waals surface area contributed by atoms with Crippen LogP contribution in [0.4, 0.5) is 17.6 Å². The molecule has 0 aliphatic carbocycles. The summed E-state index contributed by atoms with van der Waals surface area (Å²) < 4.78 is 9.78. The standard InChI is InChI=1S/C10H17N5O3/c1-15(18-4)9-5-8(11-6-16-2)13-10(14-9)12-7-17-3/h1,5H,6-7H2,2-4H3,(H2,11,12,13,14). The van der Waals surface area contributed by atoms with Gasteiger partial charge in [0.05, 0.1) is 7.11 Å². The fourth-order valence-electron chi connectivity index (χ4n) is 1.09. The number of methoxy groups -OCH3 is 2. The molecule has 1 aromatic rings. The van der Waals surface area contributed by atoms with Crippen LogP contribution in [-0.4, -0.2) is 44.8 Å². The van der Waals surface area contributed by atoms with Gasteiger partial charge < -0.3 is 20.1 Å². The Balaban J connectivity index is 2.88. The van der Waals surface area contributed by atoms with Gasteiger partial charge in [-0.25, -0.2) is 5.06 Å².